The van der Waals surface area contributed by atoms with Crippen LogP contribution >= 0.6 is 0 Å². The number of aliphatic hydroxyl groups is 1. The highest BCUT2D eigenvalue weighted by atomic mass is 16.3. The number of piperidine rings is 1. The zero-order valence-electron chi connectivity index (χ0n) is 14.7. The molecule has 0 radical (unpaired) electrons. The number of amides is 1. The van der Waals surface area contributed by atoms with Gasteiger partial charge in [0.2, 0.25) is 0 Å². The fourth-order valence-corrected chi connectivity index (χ4v) is 3.63. The van der Waals surface area contributed by atoms with Crippen molar-refractivity contribution >= 4 is 16.7 Å². The molecule has 1 fully saturated rings. The molecule has 1 saturated heterocycles. The quantitative estimate of drug-likeness (QED) is 0.774. The van der Waals surface area contributed by atoms with E-state index in [-0.39, 0.29) is 11.8 Å². The van der Waals surface area contributed by atoms with Crippen LogP contribution in [0.4, 0.5) is 0 Å². The lowest BCUT2D eigenvalue weighted by Gasteiger charge is -2.36. The van der Waals surface area contributed by atoms with Crippen molar-refractivity contribution in [1.82, 2.24) is 14.9 Å². The van der Waals surface area contributed by atoms with Gasteiger partial charge in [-0.05, 0) is 29.7 Å². The Kier molecular flexibility index (Phi) is 4.39. The average Bonchev–Trinajstić information content (AvgIpc) is 2.67. The van der Waals surface area contributed by atoms with Crippen molar-refractivity contribution < 1.29 is 9.90 Å². The number of aryl methyl sites for hydroxylation is 1. The standard InChI is InChI=1S/C21H21N3O2/c1-14-22-11-18(12-23-14)21(26)24-9-8-19(20(25)13-24)17-7-6-15-4-2-3-5-16(15)10-17/h2-7,10-12,19-20,25H,8-9,13H2,1H3/t19-,20+/m0/s1. The molecule has 1 aliphatic heterocycles. The molecule has 5 nitrogen and oxygen atoms in total. The van der Waals surface area contributed by atoms with E-state index in [2.05, 4.69) is 40.3 Å². The van der Waals surface area contributed by atoms with Gasteiger partial charge in [-0.25, -0.2) is 9.97 Å². The second-order valence-corrected chi connectivity index (χ2v) is 6.84. The predicted molar refractivity (Wildman–Crippen MR) is 100.0 cm³/mol. The molecule has 2 aromatic carbocycles. The summed E-state index contributed by atoms with van der Waals surface area (Å²) < 4.78 is 0. The highest BCUT2D eigenvalue weighted by molar-refractivity contribution is 5.93. The Hall–Kier alpha value is -2.79. The highest BCUT2D eigenvalue weighted by Crippen LogP contribution is 2.31. The van der Waals surface area contributed by atoms with Gasteiger partial charge in [0, 0.05) is 31.4 Å². The fraction of sp³-hybridized carbons (Fsp3) is 0.286. The number of fused-ring (bicyclic) bond motifs is 1. The number of carbonyl (C=O) groups is 1. The number of rotatable bonds is 2. The first-order valence-corrected chi connectivity index (χ1v) is 8.86. The molecule has 1 amide bonds. The number of benzene rings is 2. The fourth-order valence-electron chi connectivity index (χ4n) is 3.63. The number of aromatic nitrogens is 2. The minimum Gasteiger partial charge on any atom is -0.391 e. The van der Waals surface area contributed by atoms with Crippen LogP contribution < -0.4 is 0 Å². The maximum absolute atomic E-state index is 12.6. The van der Waals surface area contributed by atoms with Crippen molar-refractivity contribution in [3.8, 4) is 0 Å². The SMILES string of the molecule is Cc1ncc(C(=O)N2CC[C@@H](c3ccc4ccccc4c3)[C@H](O)C2)cn1. The van der Waals surface area contributed by atoms with E-state index < -0.39 is 6.10 Å². The molecule has 0 bridgehead atoms. The van der Waals surface area contributed by atoms with Gasteiger partial charge in [0.1, 0.15) is 5.82 Å². The van der Waals surface area contributed by atoms with Crippen molar-refractivity contribution in [2.45, 2.75) is 25.4 Å². The molecule has 4 rings (SSSR count). The molecule has 0 aliphatic carbocycles. The van der Waals surface area contributed by atoms with Gasteiger partial charge in [-0.3, -0.25) is 4.79 Å². The molecule has 0 spiro atoms. The van der Waals surface area contributed by atoms with Gasteiger partial charge in [-0.2, -0.15) is 0 Å². The van der Waals surface area contributed by atoms with Crippen molar-refractivity contribution in [2.24, 2.45) is 0 Å². The average molecular weight is 347 g/mol. The van der Waals surface area contributed by atoms with Gasteiger partial charge in [-0.1, -0.05) is 42.5 Å². The number of carbonyl (C=O) groups excluding carboxylic acids is 1. The third-order valence-corrected chi connectivity index (χ3v) is 5.10. The van der Waals surface area contributed by atoms with E-state index in [0.717, 1.165) is 12.0 Å². The van der Waals surface area contributed by atoms with Crippen LogP contribution in [0, 0.1) is 6.92 Å². The normalized spacial score (nSPS) is 20.3. The number of hydrogen-bond acceptors (Lipinski definition) is 4. The van der Waals surface area contributed by atoms with Crippen LogP contribution in [0.1, 0.15) is 34.1 Å². The Morgan fingerprint density at radius 1 is 1.12 bits per heavy atom. The molecular formula is C21H21N3O2. The van der Waals surface area contributed by atoms with Crippen LogP contribution in [-0.2, 0) is 0 Å². The number of hydrogen-bond donors (Lipinski definition) is 1. The molecule has 1 aromatic heterocycles. The summed E-state index contributed by atoms with van der Waals surface area (Å²) in [5.74, 6) is 0.551. The van der Waals surface area contributed by atoms with Crippen molar-refractivity contribution in [2.75, 3.05) is 13.1 Å². The van der Waals surface area contributed by atoms with Crippen LogP contribution in [0.3, 0.4) is 0 Å². The lowest BCUT2D eigenvalue weighted by atomic mass is 9.86. The largest absolute Gasteiger partial charge is 0.391 e. The minimum atomic E-state index is -0.583. The van der Waals surface area contributed by atoms with E-state index in [0.29, 0.717) is 24.5 Å². The van der Waals surface area contributed by atoms with E-state index in [1.54, 1.807) is 24.2 Å². The first-order valence-electron chi connectivity index (χ1n) is 8.86. The van der Waals surface area contributed by atoms with Gasteiger partial charge in [0.05, 0.1) is 11.7 Å². The Balaban J connectivity index is 1.50. The summed E-state index contributed by atoms with van der Waals surface area (Å²) in [5, 5.41) is 13.0. The van der Waals surface area contributed by atoms with E-state index in [4.69, 9.17) is 0 Å². The molecule has 2 atom stereocenters. The van der Waals surface area contributed by atoms with Crippen LogP contribution in [-0.4, -0.2) is 45.1 Å². The van der Waals surface area contributed by atoms with Crippen molar-refractivity contribution in [3.63, 3.8) is 0 Å². The van der Waals surface area contributed by atoms with Crippen LogP contribution in [0.2, 0.25) is 0 Å². The first kappa shape index (κ1) is 16.7. The lowest BCUT2D eigenvalue weighted by Crippen LogP contribution is -2.45. The maximum Gasteiger partial charge on any atom is 0.257 e. The van der Waals surface area contributed by atoms with E-state index >= 15 is 0 Å². The monoisotopic (exact) mass is 347 g/mol. The zero-order chi connectivity index (χ0) is 18.1. The number of aliphatic hydroxyl groups excluding tert-OH is 1. The molecule has 3 aromatic rings. The Bertz CT molecular complexity index is 939. The molecule has 2 heterocycles. The number of nitrogens with zero attached hydrogens (tertiary/aromatic N) is 3. The predicted octanol–water partition coefficient (Wildman–Crippen LogP) is 2.93. The van der Waals surface area contributed by atoms with Gasteiger partial charge in [0.25, 0.3) is 5.91 Å². The van der Waals surface area contributed by atoms with E-state index in [1.165, 1.54) is 10.8 Å². The van der Waals surface area contributed by atoms with Gasteiger partial charge >= 0.3 is 0 Å². The van der Waals surface area contributed by atoms with Gasteiger partial charge < -0.3 is 10.0 Å². The van der Waals surface area contributed by atoms with Crippen molar-refractivity contribution in [3.05, 3.63) is 71.8 Å². The summed E-state index contributed by atoms with van der Waals surface area (Å²) in [6, 6.07) is 14.5. The smallest absolute Gasteiger partial charge is 0.257 e. The topological polar surface area (TPSA) is 66.3 Å². The summed E-state index contributed by atoms with van der Waals surface area (Å²) in [6.07, 6.45) is 3.25. The first-order chi connectivity index (χ1) is 12.6. The summed E-state index contributed by atoms with van der Waals surface area (Å²) >= 11 is 0. The molecular weight excluding hydrogens is 326 g/mol. The van der Waals surface area contributed by atoms with E-state index in [1.807, 2.05) is 12.1 Å². The van der Waals surface area contributed by atoms with E-state index in [9.17, 15) is 9.90 Å². The van der Waals surface area contributed by atoms with Crippen LogP contribution in [0.5, 0.6) is 0 Å². The zero-order valence-corrected chi connectivity index (χ0v) is 14.7. The Morgan fingerprint density at radius 2 is 1.85 bits per heavy atom. The Labute approximate surface area is 152 Å². The number of likely N-dealkylation sites (tertiary alicyclic amines) is 1. The van der Waals surface area contributed by atoms with Crippen LogP contribution in [0.15, 0.2) is 54.9 Å². The molecule has 26 heavy (non-hydrogen) atoms. The molecule has 1 N–H and O–H groups in total. The maximum atomic E-state index is 12.6. The summed E-state index contributed by atoms with van der Waals surface area (Å²) in [5.41, 5.74) is 1.59. The second-order valence-electron chi connectivity index (χ2n) is 6.84. The Morgan fingerprint density at radius 3 is 2.58 bits per heavy atom. The molecule has 132 valence electrons. The third kappa shape index (κ3) is 3.18. The molecule has 1 aliphatic rings. The van der Waals surface area contributed by atoms with Gasteiger partial charge in [0.15, 0.2) is 0 Å². The third-order valence-electron chi connectivity index (χ3n) is 5.10. The van der Waals surface area contributed by atoms with Crippen LogP contribution in [0.25, 0.3) is 10.8 Å². The second kappa shape index (κ2) is 6.84. The minimum absolute atomic E-state index is 0.0397. The lowest BCUT2D eigenvalue weighted by molar-refractivity contribution is 0.0381. The molecule has 0 unspecified atom stereocenters. The van der Waals surface area contributed by atoms with Gasteiger partial charge in [-0.15, -0.1) is 0 Å². The number of β-amino-alcohol motifs (C(OH)–C–C–N with tert-alkyl or cyclic N) is 1. The molecule has 5 heteroatoms. The summed E-state index contributed by atoms with van der Waals surface area (Å²) in [6.45, 7) is 2.72. The highest BCUT2D eigenvalue weighted by Gasteiger charge is 2.31. The molecule has 0 saturated carbocycles. The van der Waals surface area contributed by atoms with Crippen molar-refractivity contribution in [1.29, 1.82) is 0 Å². The summed E-state index contributed by atoms with van der Waals surface area (Å²) in [4.78, 5) is 22.5. The summed E-state index contributed by atoms with van der Waals surface area (Å²) in [7, 11) is 0.